The van der Waals surface area contributed by atoms with Crippen molar-refractivity contribution in [1.29, 1.82) is 0 Å². The molecule has 2 N–H and O–H groups in total. The Morgan fingerprint density at radius 3 is 2.67 bits per heavy atom. The number of amides is 1. The Hall–Kier alpha value is -3.54. The fourth-order valence-corrected chi connectivity index (χ4v) is 3.86. The molecule has 0 bridgehead atoms. The summed E-state index contributed by atoms with van der Waals surface area (Å²) >= 11 is 0. The molecule has 1 saturated heterocycles. The second-order valence-corrected chi connectivity index (χ2v) is 8.50. The van der Waals surface area contributed by atoms with Crippen LogP contribution in [0.5, 0.6) is 0 Å². The van der Waals surface area contributed by atoms with E-state index in [4.69, 9.17) is 4.74 Å². The lowest BCUT2D eigenvalue weighted by atomic mass is 10.1. The van der Waals surface area contributed by atoms with Crippen molar-refractivity contribution in [2.75, 3.05) is 37.9 Å². The third-order valence-electron chi connectivity index (χ3n) is 6.02. The van der Waals surface area contributed by atoms with Gasteiger partial charge in [0.15, 0.2) is 0 Å². The van der Waals surface area contributed by atoms with Gasteiger partial charge in [-0.1, -0.05) is 12.0 Å². The number of nitrogens with zero attached hydrogens (tertiary/aromatic N) is 4. The molecule has 8 heteroatoms. The molecule has 0 aromatic carbocycles. The Bertz CT molecular complexity index is 1240. The summed E-state index contributed by atoms with van der Waals surface area (Å²) in [4.78, 5) is 27.9. The first-order valence-electron chi connectivity index (χ1n) is 11.1. The number of nitrogens with one attached hydrogen (secondary N) is 2. The SMILES string of the molecule is CNc1ncc(C#Cc2ccc(CN3CC(OC)C3)cn2)c2cc(NC(=O)C3CC3)ncc12. The Labute approximate surface area is 192 Å². The van der Waals surface area contributed by atoms with Crippen molar-refractivity contribution in [1.82, 2.24) is 19.9 Å². The molecule has 3 aromatic heterocycles. The highest BCUT2D eigenvalue weighted by molar-refractivity contribution is 5.99. The fourth-order valence-electron chi connectivity index (χ4n) is 3.86. The lowest BCUT2D eigenvalue weighted by Crippen LogP contribution is -2.50. The van der Waals surface area contributed by atoms with Crippen LogP contribution in [0.2, 0.25) is 0 Å². The molecule has 1 aliphatic carbocycles. The van der Waals surface area contributed by atoms with Crippen LogP contribution in [-0.4, -0.2) is 59.1 Å². The van der Waals surface area contributed by atoms with Gasteiger partial charge in [-0.25, -0.2) is 15.0 Å². The van der Waals surface area contributed by atoms with Gasteiger partial charge in [-0.05, 0) is 36.5 Å². The monoisotopic (exact) mass is 442 g/mol. The molecule has 0 unspecified atom stereocenters. The predicted molar refractivity (Wildman–Crippen MR) is 127 cm³/mol. The molecule has 8 nitrogen and oxygen atoms in total. The first kappa shape index (κ1) is 21.3. The van der Waals surface area contributed by atoms with Crippen LogP contribution in [-0.2, 0) is 16.1 Å². The summed E-state index contributed by atoms with van der Waals surface area (Å²) in [6.07, 6.45) is 7.57. The summed E-state index contributed by atoms with van der Waals surface area (Å²) in [5, 5.41) is 7.72. The fraction of sp³-hybridized carbons (Fsp3) is 0.360. The molecule has 4 heterocycles. The van der Waals surface area contributed by atoms with Gasteiger partial charge in [0.2, 0.25) is 5.91 Å². The van der Waals surface area contributed by atoms with Crippen molar-refractivity contribution in [2.24, 2.45) is 5.92 Å². The minimum absolute atomic E-state index is 0.0256. The van der Waals surface area contributed by atoms with E-state index < -0.39 is 0 Å². The molecular weight excluding hydrogens is 416 g/mol. The zero-order chi connectivity index (χ0) is 22.8. The number of pyridine rings is 3. The van der Waals surface area contributed by atoms with E-state index in [1.54, 1.807) is 19.5 Å². The van der Waals surface area contributed by atoms with Crippen LogP contribution in [0.15, 0.2) is 36.8 Å². The van der Waals surface area contributed by atoms with Crippen molar-refractivity contribution in [3.8, 4) is 11.8 Å². The maximum absolute atomic E-state index is 12.2. The van der Waals surface area contributed by atoms with E-state index in [2.05, 4.69) is 48.4 Å². The quantitative estimate of drug-likeness (QED) is 0.567. The van der Waals surface area contributed by atoms with Gasteiger partial charge in [0, 0.05) is 69.1 Å². The van der Waals surface area contributed by atoms with E-state index in [1.165, 1.54) is 0 Å². The number of carbonyl (C=O) groups is 1. The molecule has 0 atom stereocenters. The minimum atomic E-state index is 0.0256. The van der Waals surface area contributed by atoms with Crippen molar-refractivity contribution in [3.63, 3.8) is 0 Å². The van der Waals surface area contributed by atoms with Crippen molar-refractivity contribution < 1.29 is 9.53 Å². The Morgan fingerprint density at radius 1 is 1.12 bits per heavy atom. The molecule has 33 heavy (non-hydrogen) atoms. The zero-order valence-corrected chi connectivity index (χ0v) is 18.8. The number of likely N-dealkylation sites (tertiary alicyclic amines) is 1. The van der Waals surface area contributed by atoms with E-state index >= 15 is 0 Å². The molecule has 0 spiro atoms. The van der Waals surface area contributed by atoms with Gasteiger partial charge in [0.05, 0.1) is 11.7 Å². The Morgan fingerprint density at radius 2 is 1.97 bits per heavy atom. The largest absolute Gasteiger partial charge is 0.379 e. The summed E-state index contributed by atoms with van der Waals surface area (Å²) < 4.78 is 5.32. The number of ether oxygens (including phenoxy) is 1. The Kier molecular flexibility index (Phi) is 5.90. The van der Waals surface area contributed by atoms with Crippen LogP contribution >= 0.6 is 0 Å². The van der Waals surface area contributed by atoms with Crippen LogP contribution in [0.1, 0.15) is 29.7 Å². The van der Waals surface area contributed by atoms with Crippen LogP contribution < -0.4 is 10.6 Å². The average Bonchev–Trinajstić information content (AvgIpc) is 3.66. The molecule has 168 valence electrons. The van der Waals surface area contributed by atoms with Crippen LogP contribution in [0.4, 0.5) is 11.6 Å². The molecule has 2 fully saturated rings. The highest BCUT2D eigenvalue weighted by Gasteiger charge is 2.30. The van der Waals surface area contributed by atoms with Crippen LogP contribution in [0.25, 0.3) is 10.8 Å². The summed E-state index contributed by atoms with van der Waals surface area (Å²) in [7, 11) is 3.57. The molecule has 2 aliphatic rings. The molecule has 0 radical (unpaired) electrons. The lowest BCUT2D eigenvalue weighted by molar-refractivity contribution is -0.117. The maximum atomic E-state index is 12.2. The van der Waals surface area contributed by atoms with Gasteiger partial charge in [-0.2, -0.15) is 0 Å². The number of aromatic nitrogens is 3. The molecule has 1 amide bonds. The van der Waals surface area contributed by atoms with Crippen LogP contribution in [0.3, 0.4) is 0 Å². The summed E-state index contributed by atoms with van der Waals surface area (Å²) in [5.74, 6) is 7.72. The van der Waals surface area contributed by atoms with Gasteiger partial charge in [0.25, 0.3) is 0 Å². The summed E-state index contributed by atoms with van der Waals surface area (Å²) in [6.45, 7) is 2.78. The Balaban J connectivity index is 1.36. The first-order chi connectivity index (χ1) is 16.1. The highest BCUT2D eigenvalue weighted by Crippen LogP contribution is 2.31. The van der Waals surface area contributed by atoms with E-state index in [9.17, 15) is 4.79 Å². The van der Waals surface area contributed by atoms with Gasteiger partial charge >= 0.3 is 0 Å². The average molecular weight is 443 g/mol. The van der Waals surface area contributed by atoms with Crippen molar-refractivity contribution in [3.05, 3.63) is 53.6 Å². The molecular formula is C25H26N6O2. The van der Waals surface area contributed by atoms with E-state index in [-0.39, 0.29) is 11.8 Å². The normalized spacial score (nSPS) is 16.1. The smallest absolute Gasteiger partial charge is 0.228 e. The number of rotatable bonds is 6. The third kappa shape index (κ3) is 4.80. The third-order valence-corrected chi connectivity index (χ3v) is 6.02. The number of carbonyl (C=O) groups excluding carboxylic acids is 1. The van der Waals surface area contributed by atoms with E-state index in [0.29, 0.717) is 23.4 Å². The van der Waals surface area contributed by atoms with Gasteiger partial charge in [-0.3, -0.25) is 9.69 Å². The highest BCUT2D eigenvalue weighted by atomic mass is 16.5. The summed E-state index contributed by atoms with van der Waals surface area (Å²) in [5.41, 5.74) is 2.60. The minimum Gasteiger partial charge on any atom is -0.379 e. The van der Waals surface area contributed by atoms with Gasteiger partial charge < -0.3 is 15.4 Å². The molecule has 1 aliphatic heterocycles. The molecule has 1 saturated carbocycles. The van der Waals surface area contributed by atoms with E-state index in [1.807, 2.05) is 25.4 Å². The maximum Gasteiger partial charge on any atom is 0.228 e. The molecule has 5 rings (SSSR count). The van der Waals surface area contributed by atoms with Crippen LogP contribution in [0, 0.1) is 17.8 Å². The topological polar surface area (TPSA) is 92.3 Å². The number of anilines is 2. The van der Waals surface area contributed by atoms with Gasteiger partial charge in [-0.15, -0.1) is 0 Å². The first-order valence-corrected chi connectivity index (χ1v) is 11.1. The molecule has 3 aromatic rings. The zero-order valence-electron chi connectivity index (χ0n) is 18.8. The van der Waals surface area contributed by atoms with Crippen molar-refractivity contribution in [2.45, 2.75) is 25.5 Å². The number of fused-ring (bicyclic) bond motifs is 1. The van der Waals surface area contributed by atoms with Crippen molar-refractivity contribution >= 4 is 28.3 Å². The number of hydrogen-bond acceptors (Lipinski definition) is 7. The standard InChI is InChI=1S/C25H26N6O2/c1-26-24-22-12-28-23(30-25(32)17-4-5-17)9-21(22)18(11-29-24)6-8-19-7-3-16(10-27-19)13-31-14-20(15-31)33-2/h3,7,9-12,17,20H,4-5,13-15H2,1-2H3,(H,26,29)(H,28,30,32). The predicted octanol–water partition coefficient (Wildman–Crippen LogP) is 2.65. The summed E-state index contributed by atoms with van der Waals surface area (Å²) in [6, 6.07) is 5.86. The van der Waals surface area contributed by atoms with E-state index in [0.717, 1.165) is 54.4 Å². The number of methoxy groups -OCH3 is 1. The second-order valence-electron chi connectivity index (χ2n) is 8.50. The lowest BCUT2D eigenvalue weighted by Gasteiger charge is -2.38. The number of hydrogen-bond donors (Lipinski definition) is 2. The second kappa shape index (κ2) is 9.14. The van der Waals surface area contributed by atoms with Gasteiger partial charge in [0.1, 0.15) is 17.3 Å².